The third-order valence-corrected chi connectivity index (χ3v) is 4.54. The molecule has 0 aromatic rings. The molecule has 2 aliphatic heterocycles. The number of piperidine rings is 1. The smallest absolute Gasteiger partial charge is 0.326 e. The number of carbonyl (C=O) groups excluding carboxylic acids is 3. The van der Waals surface area contributed by atoms with Crippen LogP contribution in [0.15, 0.2) is 0 Å². The molecule has 0 saturated carbocycles. The molecule has 2 rings (SSSR count). The zero-order valence-electron chi connectivity index (χ0n) is 14.2. The summed E-state index contributed by atoms with van der Waals surface area (Å²) in [7, 11) is 1.62. The fourth-order valence-electron chi connectivity index (χ4n) is 3.29. The Morgan fingerprint density at radius 1 is 1.30 bits per heavy atom. The van der Waals surface area contributed by atoms with Crippen molar-refractivity contribution in [2.75, 3.05) is 39.8 Å². The normalized spacial score (nSPS) is 19.6. The molecule has 7 nitrogen and oxygen atoms in total. The molecule has 7 heteroatoms. The summed E-state index contributed by atoms with van der Waals surface area (Å²) < 4.78 is 0. The zero-order chi connectivity index (χ0) is 16.8. The monoisotopic (exact) mass is 324 g/mol. The van der Waals surface area contributed by atoms with Crippen molar-refractivity contribution in [3.8, 4) is 0 Å². The maximum Gasteiger partial charge on any atom is 0.326 e. The summed E-state index contributed by atoms with van der Waals surface area (Å²) in [6.07, 6.45) is 3.88. The van der Waals surface area contributed by atoms with Crippen molar-refractivity contribution < 1.29 is 14.4 Å². The molecule has 0 spiro atoms. The van der Waals surface area contributed by atoms with Crippen LogP contribution < -0.4 is 5.32 Å². The maximum absolute atomic E-state index is 12.5. The first kappa shape index (κ1) is 17.7. The number of hydrogen-bond acceptors (Lipinski definition) is 4. The van der Waals surface area contributed by atoms with Crippen molar-refractivity contribution in [2.45, 2.75) is 45.1 Å². The summed E-state index contributed by atoms with van der Waals surface area (Å²) in [5.41, 5.74) is 0. The quantitative estimate of drug-likeness (QED) is 0.698. The van der Waals surface area contributed by atoms with Crippen LogP contribution in [-0.2, 0) is 9.59 Å². The number of hydrogen-bond donors (Lipinski definition) is 1. The molecule has 0 radical (unpaired) electrons. The standard InChI is InChI=1S/C16H28N4O3/c1-3-10-19(13-6-8-17-9-7-13)14(21)5-4-11-20-15(22)12-18(2)16(20)23/h13,17H,3-12H2,1-2H3. The van der Waals surface area contributed by atoms with E-state index in [1.165, 1.54) is 9.80 Å². The van der Waals surface area contributed by atoms with Gasteiger partial charge in [0.15, 0.2) is 0 Å². The van der Waals surface area contributed by atoms with Crippen LogP contribution in [0.25, 0.3) is 0 Å². The molecule has 0 aliphatic carbocycles. The number of nitrogens with one attached hydrogen (secondary N) is 1. The van der Waals surface area contributed by atoms with E-state index < -0.39 is 0 Å². The van der Waals surface area contributed by atoms with Gasteiger partial charge in [0.05, 0.1) is 0 Å². The maximum atomic E-state index is 12.5. The van der Waals surface area contributed by atoms with E-state index in [9.17, 15) is 14.4 Å². The molecule has 2 fully saturated rings. The van der Waals surface area contributed by atoms with Crippen LogP contribution in [0.5, 0.6) is 0 Å². The fraction of sp³-hybridized carbons (Fsp3) is 0.812. The highest BCUT2D eigenvalue weighted by Crippen LogP contribution is 2.15. The third kappa shape index (κ3) is 4.43. The minimum Gasteiger partial charge on any atom is -0.340 e. The average molecular weight is 324 g/mol. The number of imide groups is 1. The number of carbonyl (C=O) groups is 3. The van der Waals surface area contributed by atoms with Crippen LogP contribution >= 0.6 is 0 Å². The SMILES string of the molecule is CCCN(C(=O)CCCN1C(=O)CN(C)C1=O)C1CCNCC1. The van der Waals surface area contributed by atoms with Crippen molar-refractivity contribution >= 4 is 17.8 Å². The Morgan fingerprint density at radius 3 is 2.57 bits per heavy atom. The van der Waals surface area contributed by atoms with Gasteiger partial charge in [0.1, 0.15) is 6.54 Å². The lowest BCUT2D eigenvalue weighted by Gasteiger charge is -2.34. The van der Waals surface area contributed by atoms with Crippen molar-refractivity contribution in [3.05, 3.63) is 0 Å². The van der Waals surface area contributed by atoms with Gasteiger partial charge >= 0.3 is 6.03 Å². The van der Waals surface area contributed by atoms with Crippen LogP contribution in [-0.4, -0.2) is 78.4 Å². The number of likely N-dealkylation sites (N-methyl/N-ethyl adjacent to an activating group) is 1. The summed E-state index contributed by atoms with van der Waals surface area (Å²) in [6.45, 7) is 5.26. The summed E-state index contributed by atoms with van der Waals surface area (Å²) in [4.78, 5) is 40.7. The van der Waals surface area contributed by atoms with E-state index in [0.29, 0.717) is 25.4 Å². The Hall–Kier alpha value is -1.63. The van der Waals surface area contributed by atoms with Gasteiger partial charge in [-0.1, -0.05) is 6.92 Å². The van der Waals surface area contributed by atoms with Gasteiger partial charge in [-0.05, 0) is 38.8 Å². The van der Waals surface area contributed by atoms with Crippen LogP contribution in [0.1, 0.15) is 39.0 Å². The van der Waals surface area contributed by atoms with Crippen molar-refractivity contribution in [2.24, 2.45) is 0 Å². The van der Waals surface area contributed by atoms with E-state index in [2.05, 4.69) is 12.2 Å². The Morgan fingerprint density at radius 2 is 2.00 bits per heavy atom. The van der Waals surface area contributed by atoms with Gasteiger partial charge in [0, 0.05) is 32.6 Å². The Labute approximate surface area is 138 Å². The first-order valence-corrected chi connectivity index (χ1v) is 8.60. The first-order chi connectivity index (χ1) is 11.0. The highest BCUT2D eigenvalue weighted by molar-refractivity contribution is 6.01. The van der Waals surface area contributed by atoms with Crippen molar-refractivity contribution in [1.29, 1.82) is 0 Å². The molecule has 23 heavy (non-hydrogen) atoms. The summed E-state index contributed by atoms with van der Waals surface area (Å²) in [5.74, 6) is -0.0279. The van der Waals surface area contributed by atoms with Crippen LogP contribution in [0.3, 0.4) is 0 Å². The van der Waals surface area contributed by atoms with E-state index in [4.69, 9.17) is 0 Å². The molecule has 2 aliphatic rings. The predicted octanol–water partition coefficient (Wildman–Crippen LogP) is 0.651. The molecule has 4 amide bonds. The van der Waals surface area contributed by atoms with Gasteiger partial charge in [-0.2, -0.15) is 0 Å². The van der Waals surface area contributed by atoms with Crippen molar-refractivity contribution in [1.82, 2.24) is 20.0 Å². The molecule has 1 N–H and O–H groups in total. The molecule has 0 aromatic carbocycles. The van der Waals surface area contributed by atoms with Gasteiger partial charge < -0.3 is 15.1 Å². The van der Waals surface area contributed by atoms with E-state index >= 15 is 0 Å². The second-order valence-corrected chi connectivity index (χ2v) is 6.36. The Kier molecular flexibility index (Phi) is 6.38. The third-order valence-electron chi connectivity index (χ3n) is 4.54. The lowest BCUT2D eigenvalue weighted by molar-refractivity contribution is -0.134. The summed E-state index contributed by atoms with van der Waals surface area (Å²) in [6, 6.07) is 0.0658. The molecule has 0 bridgehead atoms. The van der Waals surface area contributed by atoms with Gasteiger partial charge in [-0.15, -0.1) is 0 Å². The minimum atomic E-state index is -0.258. The lowest BCUT2D eigenvalue weighted by atomic mass is 10.0. The molecular formula is C16H28N4O3. The van der Waals surface area contributed by atoms with Gasteiger partial charge in [0.25, 0.3) is 0 Å². The largest absolute Gasteiger partial charge is 0.340 e. The summed E-state index contributed by atoms with van der Waals surface area (Å²) >= 11 is 0. The number of amides is 4. The molecule has 130 valence electrons. The average Bonchev–Trinajstić information content (AvgIpc) is 2.79. The van der Waals surface area contributed by atoms with Crippen LogP contribution in [0, 0.1) is 0 Å². The van der Waals surface area contributed by atoms with Crippen molar-refractivity contribution in [3.63, 3.8) is 0 Å². The topological polar surface area (TPSA) is 73.0 Å². The molecule has 2 heterocycles. The Balaban J connectivity index is 1.82. The fourth-order valence-corrected chi connectivity index (χ4v) is 3.29. The zero-order valence-corrected chi connectivity index (χ0v) is 14.2. The van der Waals surface area contributed by atoms with E-state index in [0.717, 1.165) is 38.9 Å². The molecule has 0 unspecified atom stereocenters. The molecule has 0 atom stereocenters. The Bertz CT molecular complexity index is 449. The number of nitrogens with zero attached hydrogens (tertiary/aromatic N) is 3. The molecular weight excluding hydrogens is 296 g/mol. The van der Waals surface area contributed by atoms with Gasteiger partial charge in [-0.3, -0.25) is 14.5 Å². The predicted molar refractivity (Wildman–Crippen MR) is 86.9 cm³/mol. The second kappa shape index (κ2) is 8.29. The summed E-state index contributed by atoms with van der Waals surface area (Å²) in [5, 5.41) is 3.32. The highest BCUT2D eigenvalue weighted by Gasteiger charge is 2.33. The highest BCUT2D eigenvalue weighted by atomic mass is 16.2. The van der Waals surface area contributed by atoms with E-state index in [1.807, 2.05) is 4.90 Å². The minimum absolute atomic E-state index is 0.143. The van der Waals surface area contributed by atoms with Gasteiger partial charge in [-0.25, -0.2) is 4.79 Å². The first-order valence-electron chi connectivity index (χ1n) is 8.60. The molecule has 0 aromatic heterocycles. The van der Waals surface area contributed by atoms with E-state index in [-0.39, 0.29) is 24.4 Å². The van der Waals surface area contributed by atoms with Gasteiger partial charge in [0.2, 0.25) is 11.8 Å². The lowest BCUT2D eigenvalue weighted by Crippen LogP contribution is -2.46. The van der Waals surface area contributed by atoms with E-state index in [1.54, 1.807) is 7.05 Å². The van der Waals surface area contributed by atoms with Crippen LogP contribution in [0.2, 0.25) is 0 Å². The second-order valence-electron chi connectivity index (χ2n) is 6.36. The van der Waals surface area contributed by atoms with Crippen LogP contribution in [0.4, 0.5) is 4.79 Å². The molecule has 2 saturated heterocycles. The number of urea groups is 1. The number of rotatable bonds is 7.